The molecular weight excluding hydrogens is 234 g/mol. The largest absolute Gasteiger partial charge is 0.345 e. The quantitative estimate of drug-likeness (QED) is 0.873. The smallest absolute Gasteiger partial charge is 0.252 e. The molecule has 0 spiro atoms. The van der Waals surface area contributed by atoms with Gasteiger partial charge in [0.05, 0.1) is 7.41 Å². The summed E-state index contributed by atoms with van der Waals surface area (Å²) >= 11 is 0. The molecule has 0 aromatic heterocycles. The molecule has 3 rings (SSSR count). The van der Waals surface area contributed by atoms with Gasteiger partial charge in [-0.15, -0.1) is 0 Å². The molecule has 19 heavy (non-hydrogen) atoms. The Kier molecular flexibility index (Phi) is 2.57. The van der Waals surface area contributed by atoms with E-state index in [1.807, 2.05) is 42.5 Å². The van der Waals surface area contributed by atoms with Gasteiger partial charge in [0.15, 0.2) is 0 Å². The maximum atomic E-state index is 12.1. The van der Waals surface area contributed by atoms with Gasteiger partial charge in [-0.05, 0) is 23.6 Å². The van der Waals surface area contributed by atoms with Gasteiger partial charge in [0, 0.05) is 6.93 Å². The number of carbonyl (C=O) groups excluding carboxylic acids is 1. The van der Waals surface area contributed by atoms with Crippen molar-refractivity contribution < 1.29 is 7.54 Å². The van der Waals surface area contributed by atoms with Gasteiger partial charge in [-0.1, -0.05) is 60.7 Å². The van der Waals surface area contributed by atoms with Gasteiger partial charge in [0.25, 0.3) is 5.91 Å². The highest BCUT2D eigenvalue weighted by Crippen LogP contribution is 2.17. The zero-order valence-corrected chi connectivity index (χ0v) is 10.3. The van der Waals surface area contributed by atoms with Crippen LogP contribution in [-0.4, -0.2) is 11.9 Å². The maximum Gasteiger partial charge on any atom is 0.252 e. The van der Waals surface area contributed by atoms with Crippen molar-refractivity contribution in [3.8, 4) is 0 Å². The summed E-state index contributed by atoms with van der Waals surface area (Å²) in [5.74, 6) is -0.276. The second-order valence-electron chi connectivity index (χ2n) is 4.44. The number of fused-ring (bicyclic) bond motifs is 1. The van der Waals surface area contributed by atoms with Gasteiger partial charge in [-0.2, -0.15) is 0 Å². The van der Waals surface area contributed by atoms with E-state index in [0.29, 0.717) is 11.1 Å². The Hall–Kier alpha value is -2.35. The summed E-state index contributed by atoms with van der Waals surface area (Å²) in [6.45, 7) is 0. The van der Waals surface area contributed by atoms with E-state index in [4.69, 9.17) is 2.74 Å². The van der Waals surface area contributed by atoms with Crippen molar-refractivity contribution in [2.45, 2.75) is 12.4 Å². The highest BCUT2D eigenvalue weighted by atomic mass is 16.1. The molecule has 0 unspecified atom stereocenters. The molecule has 1 N–H and O–H groups in total. The SMILES string of the molecule is [2H]c1cccc2c1C(=O)N[C@@H](/C=C/c1ccccc1)[C@H]2[2H]. The van der Waals surface area contributed by atoms with Gasteiger partial charge in [0.1, 0.15) is 0 Å². The molecule has 0 bridgehead atoms. The average Bonchev–Trinajstić information content (AvgIpc) is 2.50. The van der Waals surface area contributed by atoms with Crippen molar-refractivity contribution in [1.29, 1.82) is 0 Å². The van der Waals surface area contributed by atoms with Crippen LogP contribution in [-0.2, 0) is 6.40 Å². The van der Waals surface area contributed by atoms with Crippen LogP contribution in [0, 0.1) is 0 Å². The second-order valence-corrected chi connectivity index (χ2v) is 4.44. The first-order valence-electron chi connectivity index (χ1n) is 7.30. The van der Waals surface area contributed by atoms with Crippen LogP contribution in [0.25, 0.3) is 6.08 Å². The summed E-state index contributed by atoms with van der Waals surface area (Å²) in [6.07, 6.45) is 3.15. The zero-order chi connectivity index (χ0) is 14.8. The number of benzene rings is 2. The maximum absolute atomic E-state index is 12.1. The first kappa shape index (κ1) is 9.56. The topological polar surface area (TPSA) is 29.1 Å². The Morgan fingerprint density at radius 3 is 2.84 bits per heavy atom. The molecule has 0 saturated heterocycles. The highest BCUT2D eigenvalue weighted by Gasteiger charge is 2.21. The number of carbonyl (C=O) groups is 1. The Morgan fingerprint density at radius 2 is 2.00 bits per heavy atom. The lowest BCUT2D eigenvalue weighted by atomic mass is 9.95. The molecule has 0 radical (unpaired) electrons. The van der Waals surface area contributed by atoms with Crippen molar-refractivity contribution in [3.63, 3.8) is 0 Å². The third kappa shape index (κ3) is 2.58. The van der Waals surface area contributed by atoms with Gasteiger partial charge >= 0.3 is 0 Å². The Morgan fingerprint density at radius 1 is 1.21 bits per heavy atom. The van der Waals surface area contributed by atoms with Crippen LogP contribution in [0.1, 0.15) is 24.2 Å². The lowest BCUT2D eigenvalue weighted by Crippen LogP contribution is -2.39. The fraction of sp³-hybridized carbons (Fsp3) is 0.118. The first-order chi connectivity index (χ1) is 10.2. The number of amides is 1. The summed E-state index contributed by atoms with van der Waals surface area (Å²) < 4.78 is 16.1. The third-order valence-electron chi connectivity index (χ3n) is 3.07. The summed E-state index contributed by atoms with van der Waals surface area (Å²) in [5, 5.41) is 2.80. The van der Waals surface area contributed by atoms with E-state index in [9.17, 15) is 4.79 Å². The molecule has 2 aromatic carbocycles. The van der Waals surface area contributed by atoms with E-state index < -0.39 is 6.40 Å². The number of hydrogen-bond donors (Lipinski definition) is 1. The molecule has 1 amide bonds. The Labute approximate surface area is 115 Å². The lowest BCUT2D eigenvalue weighted by molar-refractivity contribution is 0.0934. The van der Waals surface area contributed by atoms with E-state index in [1.54, 1.807) is 18.2 Å². The normalized spacial score (nSPS) is 23.5. The molecule has 1 aliphatic heterocycles. The van der Waals surface area contributed by atoms with Crippen molar-refractivity contribution in [2.24, 2.45) is 0 Å². The molecule has 1 aliphatic rings. The number of hydrogen-bond acceptors (Lipinski definition) is 1. The molecule has 2 heteroatoms. The van der Waals surface area contributed by atoms with E-state index in [1.165, 1.54) is 0 Å². The van der Waals surface area contributed by atoms with Crippen LogP contribution in [0.5, 0.6) is 0 Å². The minimum Gasteiger partial charge on any atom is -0.345 e. The predicted molar refractivity (Wildman–Crippen MR) is 76.9 cm³/mol. The second kappa shape index (κ2) is 5.11. The lowest BCUT2D eigenvalue weighted by Gasteiger charge is -2.23. The van der Waals surface area contributed by atoms with Crippen LogP contribution in [0.3, 0.4) is 0 Å². The Balaban J connectivity index is 1.90. The van der Waals surface area contributed by atoms with Crippen LogP contribution in [0.2, 0.25) is 0 Å². The molecule has 0 aliphatic carbocycles. The van der Waals surface area contributed by atoms with E-state index in [-0.39, 0.29) is 18.0 Å². The standard InChI is InChI=1S/C17H15NO/c19-17-16-9-5-4-8-14(16)12-15(18-17)11-10-13-6-2-1-3-7-13/h1-11,15H,12H2,(H,18,19)/b11-10+/t15-/m0/s1/i9D,12D/t12-,15-. The fourth-order valence-electron chi connectivity index (χ4n) is 2.13. The van der Waals surface area contributed by atoms with Crippen LogP contribution in [0.4, 0.5) is 0 Å². The highest BCUT2D eigenvalue weighted by molar-refractivity contribution is 5.97. The summed E-state index contributed by atoms with van der Waals surface area (Å²) in [7, 11) is 0. The summed E-state index contributed by atoms with van der Waals surface area (Å²) in [5.41, 5.74) is 1.97. The minimum atomic E-state index is -0.594. The monoisotopic (exact) mass is 251 g/mol. The van der Waals surface area contributed by atoms with Gasteiger partial charge in [-0.3, -0.25) is 4.79 Å². The molecule has 2 nitrogen and oxygen atoms in total. The molecule has 0 fully saturated rings. The molecule has 1 heterocycles. The van der Waals surface area contributed by atoms with Gasteiger partial charge < -0.3 is 5.32 Å². The van der Waals surface area contributed by atoms with E-state index >= 15 is 0 Å². The molecule has 0 saturated carbocycles. The fourth-order valence-corrected chi connectivity index (χ4v) is 2.13. The molecular formula is C17H15NO. The minimum absolute atomic E-state index is 0.174. The van der Waals surface area contributed by atoms with Gasteiger partial charge in [-0.25, -0.2) is 0 Å². The van der Waals surface area contributed by atoms with E-state index in [2.05, 4.69) is 5.32 Å². The van der Waals surface area contributed by atoms with Gasteiger partial charge in [0.2, 0.25) is 0 Å². The van der Waals surface area contributed by atoms with Crippen molar-refractivity contribution >= 4 is 12.0 Å². The number of nitrogens with one attached hydrogen (secondary N) is 1. The van der Waals surface area contributed by atoms with Crippen LogP contribution < -0.4 is 5.32 Å². The Bertz CT molecular complexity index is 697. The zero-order valence-electron chi connectivity index (χ0n) is 12.3. The molecule has 2 aromatic rings. The molecule has 2 atom stereocenters. The number of rotatable bonds is 2. The first-order valence-corrected chi connectivity index (χ1v) is 6.22. The van der Waals surface area contributed by atoms with Crippen molar-refractivity contribution in [1.82, 2.24) is 5.32 Å². The average molecular weight is 251 g/mol. The van der Waals surface area contributed by atoms with Crippen molar-refractivity contribution in [2.75, 3.05) is 0 Å². The van der Waals surface area contributed by atoms with Crippen LogP contribution in [0.15, 0.2) is 60.6 Å². The van der Waals surface area contributed by atoms with Crippen LogP contribution >= 0.6 is 0 Å². The van der Waals surface area contributed by atoms with E-state index in [0.717, 1.165) is 5.56 Å². The third-order valence-corrected chi connectivity index (χ3v) is 3.07. The van der Waals surface area contributed by atoms with Crippen molar-refractivity contribution in [3.05, 3.63) is 77.3 Å². The molecule has 94 valence electrons. The predicted octanol–water partition coefficient (Wildman–Crippen LogP) is 3.05. The summed E-state index contributed by atoms with van der Waals surface area (Å²) in [6, 6.07) is 14.6. The summed E-state index contributed by atoms with van der Waals surface area (Å²) in [4.78, 5) is 12.1.